The van der Waals surface area contributed by atoms with Crippen molar-refractivity contribution in [3.63, 3.8) is 0 Å². The summed E-state index contributed by atoms with van der Waals surface area (Å²) in [4.78, 5) is 35.2. The smallest absolute Gasteiger partial charge is 0.295 e. The molecule has 0 spiro atoms. The fourth-order valence-corrected chi connectivity index (χ4v) is 4.96. The number of aromatic nitrogens is 2. The molecule has 1 aliphatic heterocycles. The van der Waals surface area contributed by atoms with Crippen molar-refractivity contribution in [2.24, 2.45) is 5.92 Å². The lowest BCUT2D eigenvalue weighted by molar-refractivity contribution is -0.140. The molecular weight excluding hydrogens is 480 g/mol. The van der Waals surface area contributed by atoms with E-state index >= 15 is 0 Å². The average Bonchev–Trinajstić information content (AvgIpc) is 3.37. The molecule has 1 aliphatic rings. The minimum Gasteiger partial charge on any atom is -0.505 e. The predicted octanol–water partition coefficient (Wildman–Crippen LogP) is 4.83. The number of imidazole rings is 1. The summed E-state index contributed by atoms with van der Waals surface area (Å²) in [6.07, 6.45) is 2.71. The molecule has 1 fully saturated rings. The maximum absolute atomic E-state index is 13.5. The molecule has 0 saturated carbocycles. The van der Waals surface area contributed by atoms with E-state index in [0.717, 1.165) is 25.1 Å². The van der Waals surface area contributed by atoms with E-state index < -0.39 is 17.7 Å². The van der Waals surface area contributed by atoms with Crippen molar-refractivity contribution in [2.75, 3.05) is 32.8 Å². The van der Waals surface area contributed by atoms with Crippen LogP contribution in [0, 0.1) is 12.8 Å². The Balaban J connectivity index is 1.82. The molecule has 1 unspecified atom stereocenters. The second-order valence-electron chi connectivity index (χ2n) is 10.1. The van der Waals surface area contributed by atoms with Crippen LogP contribution >= 0.6 is 0 Å². The predicted molar refractivity (Wildman–Crippen MR) is 148 cm³/mol. The highest BCUT2D eigenvalue weighted by Gasteiger charge is 2.46. The van der Waals surface area contributed by atoms with Crippen LogP contribution in [0.4, 0.5) is 0 Å². The quantitative estimate of drug-likeness (QED) is 0.222. The van der Waals surface area contributed by atoms with Crippen LogP contribution in [0.25, 0.3) is 11.4 Å². The molecule has 38 heavy (non-hydrogen) atoms. The highest BCUT2D eigenvalue weighted by molar-refractivity contribution is 6.46. The second-order valence-corrected chi connectivity index (χ2v) is 10.1. The molecule has 0 radical (unpaired) electrons. The van der Waals surface area contributed by atoms with Gasteiger partial charge in [-0.1, -0.05) is 45.9 Å². The fourth-order valence-electron chi connectivity index (χ4n) is 4.96. The normalized spacial score (nSPS) is 17.3. The lowest BCUT2D eigenvalue weighted by Gasteiger charge is -2.28. The van der Waals surface area contributed by atoms with E-state index in [2.05, 4.69) is 37.6 Å². The molecule has 202 valence electrons. The van der Waals surface area contributed by atoms with Gasteiger partial charge in [0.25, 0.3) is 11.7 Å². The molecule has 0 bridgehead atoms. The van der Waals surface area contributed by atoms with E-state index in [-0.39, 0.29) is 11.3 Å². The van der Waals surface area contributed by atoms with Gasteiger partial charge in [0, 0.05) is 19.3 Å². The molecular formula is C30H38N4O4. The molecule has 8 heteroatoms. The maximum Gasteiger partial charge on any atom is 0.295 e. The molecule has 4 rings (SSSR count). The van der Waals surface area contributed by atoms with Crippen LogP contribution in [0.1, 0.15) is 57.1 Å². The number of nitrogens with zero attached hydrogens (tertiary/aromatic N) is 4. The third-order valence-corrected chi connectivity index (χ3v) is 7.16. The third-order valence-electron chi connectivity index (χ3n) is 7.16. The van der Waals surface area contributed by atoms with Gasteiger partial charge in [0.1, 0.15) is 17.1 Å². The van der Waals surface area contributed by atoms with Crippen LogP contribution in [0.2, 0.25) is 0 Å². The number of likely N-dealkylation sites (tertiary alicyclic amines) is 1. The summed E-state index contributed by atoms with van der Waals surface area (Å²) >= 11 is 0. The summed E-state index contributed by atoms with van der Waals surface area (Å²) in [5, 5.41) is 11.6. The topological polar surface area (TPSA) is 87.4 Å². The lowest BCUT2D eigenvalue weighted by Crippen LogP contribution is -2.38. The molecule has 8 nitrogen and oxygen atoms in total. The number of ether oxygens (including phenoxy) is 1. The van der Waals surface area contributed by atoms with Crippen LogP contribution in [-0.2, 0) is 9.59 Å². The number of Topliss-reactive ketones (excluding diaryl/α,β-unsaturated/α-hetero) is 1. The SMILES string of the molecule is CCN(CC)CCN1C(=O)C(=O)C(=C(O)c2c(C)nc3ccccn23)C1c1cccc(OCCC(C)C)c1. The van der Waals surface area contributed by atoms with Gasteiger partial charge in [-0.3, -0.25) is 14.0 Å². The zero-order valence-corrected chi connectivity index (χ0v) is 23.0. The van der Waals surface area contributed by atoms with Gasteiger partial charge in [-0.2, -0.15) is 0 Å². The Hall–Kier alpha value is -3.65. The van der Waals surface area contributed by atoms with Gasteiger partial charge in [-0.05, 0) is 62.2 Å². The van der Waals surface area contributed by atoms with E-state index in [4.69, 9.17) is 4.74 Å². The van der Waals surface area contributed by atoms with Crippen LogP contribution in [0.3, 0.4) is 0 Å². The zero-order chi connectivity index (χ0) is 27.4. The number of aliphatic hydroxyl groups is 1. The summed E-state index contributed by atoms with van der Waals surface area (Å²) in [5.41, 5.74) is 2.44. The summed E-state index contributed by atoms with van der Waals surface area (Å²) in [7, 11) is 0. The first-order chi connectivity index (χ1) is 18.3. The first kappa shape index (κ1) is 27.4. The molecule has 1 saturated heterocycles. The van der Waals surface area contributed by atoms with E-state index in [9.17, 15) is 14.7 Å². The number of aryl methyl sites for hydroxylation is 1. The van der Waals surface area contributed by atoms with Gasteiger partial charge in [-0.15, -0.1) is 0 Å². The number of ketones is 1. The number of pyridine rings is 1. The summed E-state index contributed by atoms with van der Waals surface area (Å²) < 4.78 is 7.74. The Morgan fingerprint density at radius 2 is 1.89 bits per heavy atom. The van der Waals surface area contributed by atoms with Crippen molar-refractivity contribution >= 4 is 23.1 Å². The number of hydrogen-bond donors (Lipinski definition) is 1. The molecule has 1 aromatic carbocycles. The standard InChI is InChI=1S/C30H38N4O4/c1-6-32(7-2)16-17-34-27(22-11-10-12-23(19-22)38-18-14-20(3)4)25(29(36)30(34)37)28(35)26-21(5)31-24-13-8-9-15-33(24)26/h8-13,15,19-20,27,35H,6-7,14,16-18H2,1-5H3. The third kappa shape index (κ3) is 5.45. The Labute approximate surface area is 224 Å². The van der Waals surface area contributed by atoms with Crippen LogP contribution in [-0.4, -0.2) is 68.8 Å². The minimum absolute atomic E-state index is 0.0719. The molecule has 3 heterocycles. The first-order valence-corrected chi connectivity index (χ1v) is 13.4. The van der Waals surface area contributed by atoms with Gasteiger partial charge in [0.15, 0.2) is 5.76 Å². The number of benzene rings is 1. The van der Waals surface area contributed by atoms with Gasteiger partial charge in [0.2, 0.25) is 0 Å². The molecule has 1 atom stereocenters. The van der Waals surface area contributed by atoms with Crippen molar-refractivity contribution in [1.29, 1.82) is 0 Å². The van der Waals surface area contributed by atoms with Crippen molar-refractivity contribution < 1.29 is 19.4 Å². The van der Waals surface area contributed by atoms with E-state index in [1.165, 1.54) is 0 Å². The highest BCUT2D eigenvalue weighted by Crippen LogP contribution is 2.40. The highest BCUT2D eigenvalue weighted by atomic mass is 16.5. The van der Waals surface area contributed by atoms with Crippen LogP contribution < -0.4 is 4.74 Å². The molecule has 0 aliphatic carbocycles. The number of likely N-dealkylation sites (N-methyl/N-ethyl adjacent to an activating group) is 1. The Morgan fingerprint density at radius 3 is 2.61 bits per heavy atom. The second kappa shape index (κ2) is 11.8. The summed E-state index contributed by atoms with van der Waals surface area (Å²) in [6.45, 7) is 13.4. The zero-order valence-electron chi connectivity index (χ0n) is 23.0. The average molecular weight is 519 g/mol. The van der Waals surface area contributed by atoms with Gasteiger partial charge >= 0.3 is 0 Å². The minimum atomic E-state index is -0.743. The largest absolute Gasteiger partial charge is 0.505 e. The van der Waals surface area contributed by atoms with E-state index in [0.29, 0.717) is 48.4 Å². The number of rotatable bonds is 11. The van der Waals surface area contributed by atoms with Crippen molar-refractivity contribution in [3.05, 3.63) is 71.2 Å². The Kier molecular flexibility index (Phi) is 8.52. The summed E-state index contributed by atoms with van der Waals surface area (Å²) in [6, 6.07) is 12.3. The van der Waals surface area contributed by atoms with Crippen LogP contribution in [0.15, 0.2) is 54.2 Å². The number of fused-ring (bicyclic) bond motifs is 1. The van der Waals surface area contributed by atoms with Gasteiger partial charge < -0.3 is 19.6 Å². The van der Waals surface area contributed by atoms with Gasteiger partial charge in [-0.25, -0.2) is 4.98 Å². The van der Waals surface area contributed by atoms with Crippen molar-refractivity contribution in [2.45, 2.75) is 47.1 Å². The molecule has 2 aromatic heterocycles. The Morgan fingerprint density at radius 1 is 1.13 bits per heavy atom. The molecule has 1 amide bonds. The van der Waals surface area contributed by atoms with Gasteiger partial charge in [0.05, 0.1) is 23.9 Å². The maximum atomic E-state index is 13.5. The molecule has 1 N–H and O–H groups in total. The lowest BCUT2D eigenvalue weighted by atomic mass is 9.96. The van der Waals surface area contributed by atoms with Crippen molar-refractivity contribution in [1.82, 2.24) is 19.2 Å². The monoisotopic (exact) mass is 518 g/mol. The number of carbonyl (C=O) groups excluding carboxylic acids is 2. The number of carbonyl (C=O) groups is 2. The molecule has 3 aromatic rings. The Bertz CT molecular complexity index is 1340. The number of amides is 1. The van der Waals surface area contributed by atoms with Crippen LogP contribution in [0.5, 0.6) is 5.75 Å². The van der Waals surface area contributed by atoms with E-state index in [1.54, 1.807) is 22.4 Å². The van der Waals surface area contributed by atoms with E-state index in [1.807, 2.05) is 42.5 Å². The van der Waals surface area contributed by atoms with Crippen molar-refractivity contribution in [3.8, 4) is 5.75 Å². The fraction of sp³-hybridized carbons (Fsp3) is 0.433. The summed E-state index contributed by atoms with van der Waals surface area (Å²) in [5.74, 6) is -0.340. The number of aliphatic hydroxyl groups excluding tert-OH is 1. The first-order valence-electron chi connectivity index (χ1n) is 13.4. The number of hydrogen-bond acceptors (Lipinski definition) is 6.